The molecule has 1 fully saturated rings. The molecule has 45 heavy (non-hydrogen) atoms. The molecule has 4 nitrogen and oxygen atoms in total. The van der Waals surface area contributed by atoms with Gasteiger partial charge in [0.15, 0.2) is 0 Å². The first-order valence-corrected chi connectivity index (χ1v) is 16.4. The maximum Gasteiger partial charge on any atom is 0.414 e. The smallest absolute Gasteiger partial charge is 0.414 e. The Morgan fingerprint density at radius 1 is 0.711 bits per heavy atom. The zero-order valence-corrected chi connectivity index (χ0v) is 30.3. The summed E-state index contributed by atoms with van der Waals surface area (Å²) in [7, 11) is 5.98. The minimum atomic E-state index is -4.48. The molecule has 3 rings (SSSR count). The molecule has 1 heterocycles. The number of aliphatic hydroxyl groups is 1. The van der Waals surface area contributed by atoms with E-state index < -0.39 is 17.7 Å². The number of benzene rings is 2. The molecule has 0 radical (unpaired) electrons. The van der Waals surface area contributed by atoms with Crippen LogP contribution < -0.4 is 4.74 Å². The van der Waals surface area contributed by atoms with Crippen molar-refractivity contribution in [3.8, 4) is 5.75 Å². The standard InChI is InChI=1S/C16H25N.C15H25NO.C7H13F3O/c1-16(2,3)13-15(17-11-7-8-12-17)14-9-5-4-6-10-14;1-15(2,3)11-14(16(4)5)12-7-9-13(17-6)10-8-12;1-6(2,3)4-5(11)7(8,9)10/h4-6,9-10,15H,7-8,11-13H2,1-3H3;7-10,14H,11H2,1-6H3;5,11H,4H2,1-3H3. The number of hydrogen-bond donors (Lipinski definition) is 1. The maximum absolute atomic E-state index is 11.7. The molecule has 0 amide bonds. The highest BCUT2D eigenvalue weighted by Crippen LogP contribution is 2.36. The Hall–Kier alpha value is -2.09. The van der Waals surface area contributed by atoms with Crippen molar-refractivity contribution in [2.45, 2.75) is 119 Å². The Labute approximate surface area is 273 Å². The zero-order chi connectivity index (χ0) is 34.6. The van der Waals surface area contributed by atoms with Gasteiger partial charge in [0.2, 0.25) is 0 Å². The minimum Gasteiger partial charge on any atom is -0.497 e. The highest BCUT2D eigenvalue weighted by Gasteiger charge is 2.40. The molecule has 1 saturated heterocycles. The van der Waals surface area contributed by atoms with Crippen LogP contribution in [0.15, 0.2) is 54.6 Å². The molecule has 0 saturated carbocycles. The summed E-state index contributed by atoms with van der Waals surface area (Å²) in [5.74, 6) is 0.919. The van der Waals surface area contributed by atoms with E-state index in [0.29, 0.717) is 22.9 Å². The van der Waals surface area contributed by atoms with Crippen LogP contribution in [0.4, 0.5) is 13.2 Å². The van der Waals surface area contributed by atoms with Gasteiger partial charge in [0.25, 0.3) is 0 Å². The molecule has 0 aromatic heterocycles. The second-order valence-electron chi connectivity index (χ2n) is 16.3. The topological polar surface area (TPSA) is 35.9 Å². The van der Waals surface area contributed by atoms with Crippen molar-refractivity contribution in [1.29, 1.82) is 0 Å². The lowest BCUT2D eigenvalue weighted by Gasteiger charge is -2.33. The summed E-state index contributed by atoms with van der Waals surface area (Å²) < 4.78 is 40.4. The normalized spacial score (nSPS) is 16.6. The molecule has 1 aliphatic rings. The number of methoxy groups -OCH3 is 1. The van der Waals surface area contributed by atoms with Crippen molar-refractivity contribution in [2.24, 2.45) is 16.2 Å². The molecule has 1 aliphatic heterocycles. The quantitative estimate of drug-likeness (QED) is 0.313. The fourth-order valence-corrected chi connectivity index (χ4v) is 5.47. The monoisotopic (exact) mass is 636 g/mol. The van der Waals surface area contributed by atoms with Crippen molar-refractivity contribution in [3.63, 3.8) is 0 Å². The predicted molar refractivity (Wildman–Crippen MR) is 184 cm³/mol. The van der Waals surface area contributed by atoms with Crippen LogP contribution in [0.3, 0.4) is 0 Å². The summed E-state index contributed by atoms with van der Waals surface area (Å²) in [6, 6.07) is 20.5. The van der Waals surface area contributed by atoms with Gasteiger partial charge in [-0.1, -0.05) is 105 Å². The van der Waals surface area contributed by atoms with Crippen molar-refractivity contribution in [2.75, 3.05) is 34.3 Å². The lowest BCUT2D eigenvalue weighted by Crippen LogP contribution is -2.32. The first-order valence-electron chi connectivity index (χ1n) is 16.4. The van der Waals surface area contributed by atoms with E-state index in [1.54, 1.807) is 27.9 Å². The summed E-state index contributed by atoms with van der Waals surface area (Å²) in [6.45, 7) is 21.4. The van der Waals surface area contributed by atoms with Crippen LogP contribution in [0.25, 0.3) is 0 Å². The summed E-state index contributed by atoms with van der Waals surface area (Å²) >= 11 is 0. The van der Waals surface area contributed by atoms with Gasteiger partial charge in [-0.2, -0.15) is 13.2 Å². The van der Waals surface area contributed by atoms with Gasteiger partial charge in [-0.25, -0.2) is 0 Å². The molecule has 2 aromatic carbocycles. The van der Waals surface area contributed by atoms with Gasteiger partial charge in [-0.3, -0.25) is 4.90 Å². The van der Waals surface area contributed by atoms with Gasteiger partial charge in [0.05, 0.1) is 7.11 Å². The Kier molecular flexibility index (Phi) is 16.1. The summed E-state index contributed by atoms with van der Waals surface area (Å²) in [5, 5.41) is 8.60. The fraction of sp³-hybridized carbons (Fsp3) is 0.684. The summed E-state index contributed by atoms with van der Waals surface area (Å²) in [6.07, 6.45) is -1.80. The SMILES string of the molecule is CC(C)(C)CC(O)C(F)(F)F.CC(C)(C)CC(c1ccccc1)N1CCCC1.COc1ccc(C(CC(C)(C)C)N(C)C)cc1. The van der Waals surface area contributed by atoms with Crippen LogP contribution in [0, 0.1) is 16.2 Å². The Balaban J connectivity index is 0.000000347. The minimum absolute atomic E-state index is 0.253. The number of alkyl halides is 3. The lowest BCUT2D eigenvalue weighted by molar-refractivity contribution is -0.211. The van der Waals surface area contributed by atoms with E-state index in [9.17, 15) is 13.2 Å². The molecule has 7 heteroatoms. The largest absolute Gasteiger partial charge is 0.497 e. The van der Waals surface area contributed by atoms with Crippen LogP contribution in [-0.4, -0.2) is 61.5 Å². The summed E-state index contributed by atoms with van der Waals surface area (Å²) in [5.41, 5.74) is 3.07. The van der Waals surface area contributed by atoms with Gasteiger partial charge < -0.3 is 14.7 Å². The number of rotatable bonds is 8. The molecular weight excluding hydrogens is 573 g/mol. The molecule has 1 N–H and O–H groups in total. The lowest BCUT2D eigenvalue weighted by atomic mass is 9.85. The number of likely N-dealkylation sites (tertiary alicyclic amines) is 1. The predicted octanol–water partition coefficient (Wildman–Crippen LogP) is 10.3. The van der Waals surface area contributed by atoms with Crippen molar-refractivity contribution < 1.29 is 23.0 Å². The van der Waals surface area contributed by atoms with Crippen LogP contribution in [-0.2, 0) is 0 Å². The molecule has 2 aromatic rings. The van der Waals surface area contributed by atoms with E-state index in [1.165, 1.54) is 43.5 Å². The molecule has 0 spiro atoms. The number of hydrogen-bond acceptors (Lipinski definition) is 4. The average Bonchev–Trinajstić information content (AvgIpc) is 3.44. The molecule has 3 atom stereocenters. The maximum atomic E-state index is 11.7. The fourth-order valence-electron chi connectivity index (χ4n) is 5.47. The Morgan fingerprint density at radius 2 is 1.18 bits per heavy atom. The third-order valence-electron chi connectivity index (χ3n) is 7.68. The van der Waals surface area contributed by atoms with Gasteiger partial charge >= 0.3 is 6.18 Å². The number of nitrogens with zero attached hydrogens (tertiary/aromatic N) is 2. The third kappa shape index (κ3) is 17.4. The first-order chi connectivity index (χ1) is 20.5. The van der Waals surface area contributed by atoms with E-state index in [-0.39, 0.29) is 6.42 Å². The Bertz CT molecular complexity index is 1060. The molecule has 3 unspecified atom stereocenters. The van der Waals surface area contributed by atoms with E-state index in [0.717, 1.165) is 12.2 Å². The van der Waals surface area contributed by atoms with Crippen LogP contribution >= 0.6 is 0 Å². The number of halogens is 3. The highest BCUT2D eigenvalue weighted by atomic mass is 19.4. The van der Waals surface area contributed by atoms with Gasteiger partial charge in [0.1, 0.15) is 11.9 Å². The third-order valence-corrected chi connectivity index (χ3v) is 7.68. The van der Waals surface area contributed by atoms with E-state index in [2.05, 4.69) is 108 Å². The van der Waals surface area contributed by atoms with E-state index in [1.807, 2.05) is 12.1 Å². The van der Waals surface area contributed by atoms with Crippen molar-refractivity contribution in [1.82, 2.24) is 9.80 Å². The molecule has 0 aliphatic carbocycles. The number of aliphatic hydroxyl groups excluding tert-OH is 1. The van der Waals surface area contributed by atoms with Gasteiger partial charge in [0, 0.05) is 12.1 Å². The molecule has 258 valence electrons. The van der Waals surface area contributed by atoms with Gasteiger partial charge in [-0.05, 0) is 98.8 Å². The zero-order valence-electron chi connectivity index (χ0n) is 30.3. The van der Waals surface area contributed by atoms with E-state index >= 15 is 0 Å². The second-order valence-corrected chi connectivity index (χ2v) is 16.3. The summed E-state index contributed by atoms with van der Waals surface area (Å²) in [4.78, 5) is 4.95. The second kappa shape index (κ2) is 17.7. The van der Waals surface area contributed by atoms with Crippen LogP contribution in [0.5, 0.6) is 5.75 Å². The van der Waals surface area contributed by atoms with Gasteiger partial charge in [-0.15, -0.1) is 0 Å². The Morgan fingerprint density at radius 3 is 1.53 bits per heavy atom. The molecule has 0 bridgehead atoms. The van der Waals surface area contributed by atoms with Crippen LogP contribution in [0.1, 0.15) is 118 Å². The number of ether oxygens (including phenoxy) is 1. The van der Waals surface area contributed by atoms with E-state index in [4.69, 9.17) is 9.84 Å². The molecular formula is C38H63F3N2O2. The highest BCUT2D eigenvalue weighted by molar-refractivity contribution is 5.29. The average molecular weight is 637 g/mol. The van der Waals surface area contributed by atoms with Crippen molar-refractivity contribution in [3.05, 3.63) is 65.7 Å². The van der Waals surface area contributed by atoms with Crippen LogP contribution in [0.2, 0.25) is 0 Å². The first kappa shape index (κ1) is 40.9. The van der Waals surface area contributed by atoms with Crippen molar-refractivity contribution >= 4 is 0 Å².